The number of aliphatic hydroxyl groups is 15. The molecule has 548 valence electrons. The van der Waals surface area contributed by atoms with E-state index in [9.17, 15) is 94.4 Å². The number of aliphatic hydroxyl groups excluding tert-OH is 14. The maximum atomic E-state index is 13.3. The van der Waals surface area contributed by atoms with Gasteiger partial charge in [-0.2, -0.15) is 0 Å². The molecule has 15 N–H and O–H groups in total. The largest absolute Gasteiger partial charge is 1.00 e. The normalized spacial score (nSPS) is 51.5. The first-order valence-electron chi connectivity index (χ1n) is 33.3. The van der Waals surface area contributed by atoms with Gasteiger partial charge in [0.05, 0.1) is 55.4 Å². The van der Waals surface area contributed by atoms with Crippen LogP contribution in [0.1, 0.15) is 120 Å². The number of ketones is 1. The third kappa shape index (κ3) is 15.9. The molecule has 0 spiro atoms. The number of Topliss-reactive ketones (excluding diaryl/α,β-unsaturated/α-hetero) is 1. The van der Waals surface area contributed by atoms with Gasteiger partial charge in [-0.05, 0) is 120 Å². The SMILES string of the molecule is CC(C)CC(=O)CC(C)(O)[C@H]1CCC2C3C[C@H](OC4OC(C)C(O)C(OC5OCC(OC6OC(CO)C(O)C(O)C6OC6OC(C)C(O)C(OC7OC(C)C(O)C(O)C7O)C6O)C(O)C5OC5OC(C)C(O)C(O)C5O)C4O)C4C[C@@H](OS(=O)(=O)[O-])CC[C@]4(C)C3=CC[C@@]21C.[Na+]. The summed E-state index contributed by atoms with van der Waals surface area (Å²) in [6.45, 7) is 13.7. The summed E-state index contributed by atoms with van der Waals surface area (Å²) >= 11 is 0. The van der Waals surface area contributed by atoms with E-state index in [4.69, 9.17) is 61.0 Å². The standard InChI is InChI=1S/C62H102O32S.Na/c1-22(2)16-27(64)19-62(9,78)36-11-10-30-29-18-33(32-17-28(94-95(79,80)81)12-14-60(32,7)31(29)13-15-61(30,36)8)87-56-48(76)51(40(68)25(5)85-56)91-58-52(92-55-47(75)44(72)38(66)24(4)84-55)42(70)35(21-82-58)89-59-53(45(73)41(69)34(20-63)88-59)93-57-49(77)50(39(67)26(6)86-57)90-54-46(74)43(71)37(65)23(3)83-54;/h13,22-26,28-30,32-59,63,65-78H,10-12,14-21H2,1-9H3,(H,79,80,81);/q;+1/p-1/t23?,24?,25?,26?,28-,29?,30?,32?,33-,34?,35?,36-,37?,38?,39?,40?,41?,42?,43?,44?,45?,46?,47?,48?,49?,50?,51?,52?,53?,54?,55?,56?,57?,58?,59?,60+,61-,62?;/m0./s1. The van der Waals surface area contributed by atoms with E-state index in [-0.39, 0.29) is 84.7 Å². The molecule has 96 heavy (non-hydrogen) atoms. The summed E-state index contributed by atoms with van der Waals surface area (Å²) in [5.74, 6) is -0.979. The van der Waals surface area contributed by atoms with E-state index in [0.29, 0.717) is 32.1 Å². The number of carbonyl (C=O) groups is 1. The number of rotatable bonds is 20. The Balaban J connectivity index is 0.0000108. The molecule has 0 aromatic heterocycles. The Hall–Kier alpha value is -0.800. The minimum atomic E-state index is -5.16. The Morgan fingerprint density at radius 1 is 0.594 bits per heavy atom. The zero-order valence-corrected chi connectivity index (χ0v) is 58.5. The zero-order chi connectivity index (χ0) is 69.6. The number of carbonyl (C=O) groups excluding carboxylic acids is 1. The van der Waals surface area contributed by atoms with Crippen molar-refractivity contribution in [2.45, 2.75) is 316 Å². The molecule has 38 atom stereocenters. The minimum Gasteiger partial charge on any atom is -0.726 e. The van der Waals surface area contributed by atoms with Crippen LogP contribution in [-0.2, 0) is 76.2 Å². The Morgan fingerprint density at radius 2 is 1.08 bits per heavy atom. The molecule has 0 amide bonds. The van der Waals surface area contributed by atoms with Gasteiger partial charge in [-0.25, -0.2) is 8.42 Å². The van der Waals surface area contributed by atoms with Gasteiger partial charge in [0, 0.05) is 12.8 Å². The Kier molecular flexibility index (Phi) is 25.7. The summed E-state index contributed by atoms with van der Waals surface area (Å²) in [6, 6.07) is 0. The molecule has 33 unspecified atom stereocenters. The van der Waals surface area contributed by atoms with Gasteiger partial charge >= 0.3 is 29.6 Å². The van der Waals surface area contributed by atoms with Crippen LogP contribution in [0.5, 0.6) is 0 Å². The fraction of sp³-hybridized carbons (Fsp3) is 0.952. The van der Waals surface area contributed by atoms with E-state index >= 15 is 0 Å². The second kappa shape index (κ2) is 31.1. The number of hydrogen-bond acceptors (Lipinski definition) is 32. The number of fused-ring (bicyclic) bond motifs is 5. The Bertz CT molecular complexity index is 2740. The molecule has 0 aromatic carbocycles. The van der Waals surface area contributed by atoms with Crippen LogP contribution in [0, 0.1) is 40.4 Å². The fourth-order valence-corrected chi connectivity index (χ4v) is 17.7. The minimum absolute atomic E-state index is 0. The first-order valence-corrected chi connectivity index (χ1v) is 34.6. The molecule has 10 rings (SSSR count). The zero-order valence-electron chi connectivity index (χ0n) is 55.7. The smallest absolute Gasteiger partial charge is 0.726 e. The molecule has 6 aliphatic heterocycles. The van der Waals surface area contributed by atoms with E-state index in [1.54, 1.807) is 6.92 Å². The van der Waals surface area contributed by atoms with Gasteiger partial charge in [-0.1, -0.05) is 39.3 Å². The van der Waals surface area contributed by atoms with E-state index in [0.717, 1.165) is 5.57 Å². The first-order chi connectivity index (χ1) is 44.4. The molecule has 6 heterocycles. The van der Waals surface area contributed by atoms with Crippen LogP contribution in [0.4, 0.5) is 0 Å². The van der Waals surface area contributed by atoms with E-state index in [1.807, 2.05) is 13.8 Å². The topological polar surface area (TPSA) is 498 Å². The second-order valence-electron chi connectivity index (χ2n) is 29.4. The maximum absolute atomic E-state index is 13.3. The molecule has 10 aliphatic rings. The van der Waals surface area contributed by atoms with Crippen LogP contribution in [-0.4, -0.2) is 305 Å². The quantitative estimate of drug-likeness (QED) is 0.0233. The number of allylic oxidation sites excluding steroid dienone is 2. The molecule has 32 nitrogen and oxygen atoms in total. The average Bonchev–Trinajstić information content (AvgIpc) is 1.33. The van der Waals surface area contributed by atoms with Gasteiger partial charge in [0.1, 0.15) is 122 Å². The third-order valence-corrected chi connectivity index (χ3v) is 22.9. The van der Waals surface area contributed by atoms with Crippen molar-refractivity contribution in [3.8, 4) is 0 Å². The second-order valence-corrected chi connectivity index (χ2v) is 30.4. The summed E-state index contributed by atoms with van der Waals surface area (Å²) in [4.78, 5) is 13.3. The van der Waals surface area contributed by atoms with Crippen LogP contribution < -0.4 is 29.6 Å². The van der Waals surface area contributed by atoms with E-state index < -0.39 is 236 Å². The predicted molar refractivity (Wildman–Crippen MR) is 315 cm³/mol. The molecule has 4 aliphatic carbocycles. The van der Waals surface area contributed by atoms with Crippen LogP contribution in [0.3, 0.4) is 0 Å². The molecule has 9 fully saturated rings. The molecule has 3 saturated carbocycles. The molecule has 0 bridgehead atoms. The van der Waals surface area contributed by atoms with Crippen molar-refractivity contribution in [1.29, 1.82) is 0 Å². The van der Waals surface area contributed by atoms with E-state index in [1.165, 1.54) is 27.7 Å². The van der Waals surface area contributed by atoms with Gasteiger partial charge in [-0.3, -0.25) is 8.98 Å². The van der Waals surface area contributed by atoms with Crippen molar-refractivity contribution in [1.82, 2.24) is 0 Å². The van der Waals surface area contributed by atoms with Crippen molar-refractivity contribution in [3.63, 3.8) is 0 Å². The first kappa shape index (κ1) is 79.3. The molecule has 6 saturated heterocycles. The molecular formula is C62H101NaO32S. The Morgan fingerprint density at radius 3 is 1.61 bits per heavy atom. The van der Waals surface area contributed by atoms with Crippen LogP contribution in [0.25, 0.3) is 0 Å². The van der Waals surface area contributed by atoms with Crippen molar-refractivity contribution in [2.24, 2.45) is 40.4 Å². The fourth-order valence-electron chi connectivity index (χ4n) is 17.2. The van der Waals surface area contributed by atoms with Gasteiger partial charge in [0.25, 0.3) is 0 Å². The molecule has 0 radical (unpaired) electrons. The summed E-state index contributed by atoms with van der Waals surface area (Å²) in [5, 5.41) is 169. The van der Waals surface area contributed by atoms with Crippen molar-refractivity contribution < 1.29 is 185 Å². The molecular weight excluding hydrogens is 1310 g/mol. The summed E-state index contributed by atoms with van der Waals surface area (Å²) in [6.07, 6.45) is -47.2. The Labute approximate surface area is 579 Å². The maximum Gasteiger partial charge on any atom is 1.00 e. The predicted octanol–water partition coefficient (Wildman–Crippen LogP) is -7.16. The van der Waals surface area contributed by atoms with Crippen molar-refractivity contribution >= 4 is 16.2 Å². The van der Waals surface area contributed by atoms with E-state index in [2.05, 4.69) is 19.9 Å². The monoisotopic (exact) mass is 1410 g/mol. The molecule has 0 aromatic rings. The van der Waals surface area contributed by atoms with Crippen molar-refractivity contribution in [3.05, 3.63) is 11.6 Å². The number of ether oxygens (including phenoxy) is 12. The van der Waals surface area contributed by atoms with Gasteiger partial charge < -0.3 is 138 Å². The van der Waals surface area contributed by atoms with Gasteiger partial charge in [-0.15, -0.1) is 0 Å². The third-order valence-electron chi connectivity index (χ3n) is 22.4. The molecule has 34 heteroatoms. The van der Waals surface area contributed by atoms with Crippen LogP contribution >= 0.6 is 0 Å². The van der Waals surface area contributed by atoms with Crippen LogP contribution in [0.15, 0.2) is 11.6 Å². The summed E-state index contributed by atoms with van der Waals surface area (Å²) in [5.41, 5.74) is -1.39. The van der Waals surface area contributed by atoms with Crippen LogP contribution in [0.2, 0.25) is 0 Å². The van der Waals surface area contributed by atoms with Crippen molar-refractivity contribution in [2.75, 3.05) is 13.2 Å². The van der Waals surface area contributed by atoms with Gasteiger partial charge in [0.15, 0.2) is 37.7 Å². The van der Waals surface area contributed by atoms with Gasteiger partial charge in [0.2, 0.25) is 10.4 Å². The summed E-state index contributed by atoms with van der Waals surface area (Å²) < 4.78 is 115. The number of hydrogen-bond donors (Lipinski definition) is 15. The summed E-state index contributed by atoms with van der Waals surface area (Å²) in [7, 11) is -5.16. The average molecular weight is 1410 g/mol.